The fourth-order valence-electron chi connectivity index (χ4n) is 2.74. The molecule has 0 spiro atoms. The third-order valence-electron chi connectivity index (χ3n) is 3.65. The topological polar surface area (TPSA) is 121 Å². The van der Waals surface area contributed by atoms with Crippen molar-refractivity contribution in [1.29, 1.82) is 5.26 Å². The van der Waals surface area contributed by atoms with Crippen LogP contribution in [0.3, 0.4) is 0 Å². The summed E-state index contributed by atoms with van der Waals surface area (Å²) in [6.07, 6.45) is -3.09. The maximum Gasteiger partial charge on any atom is 0.303 e. The average Bonchev–Trinajstić information content (AvgIpc) is 2.52. The normalized spacial score (nSPS) is 28.5. The van der Waals surface area contributed by atoms with Crippen molar-refractivity contribution in [2.24, 2.45) is 5.92 Å². The Balaban J connectivity index is 3.14. The number of rotatable bonds is 7. The van der Waals surface area contributed by atoms with Gasteiger partial charge in [-0.1, -0.05) is 0 Å². The molecule has 0 bridgehead atoms. The molecule has 9 heteroatoms. The van der Waals surface area contributed by atoms with Crippen LogP contribution in [0.2, 0.25) is 0 Å². The van der Waals surface area contributed by atoms with Crippen LogP contribution >= 0.6 is 0 Å². The third kappa shape index (κ3) is 6.32. The molecule has 0 saturated carbocycles. The summed E-state index contributed by atoms with van der Waals surface area (Å²) >= 11 is 0. The van der Waals surface area contributed by atoms with E-state index in [2.05, 4.69) is 0 Å². The van der Waals surface area contributed by atoms with Gasteiger partial charge >= 0.3 is 17.9 Å². The highest BCUT2D eigenvalue weighted by atomic mass is 16.7. The van der Waals surface area contributed by atoms with E-state index in [4.69, 9.17) is 28.9 Å². The zero-order valence-electron chi connectivity index (χ0n) is 14.7. The smallest absolute Gasteiger partial charge is 0.303 e. The van der Waals surface area contributed by atoms with Gasteiger partial charge in [0.2, 0.25) is 0 Å². The van der Waals surface area contributed by atoms with Crippen molar-refractivity contribution in [3.05, 3.63) is 0 Å². The predicted octanol–water partition coefficient (Wildman–Crippen LogP) is 0.704. The SMILES string of the molecule is CO[C@H]1O[C@H](COC(C)=O)[C@@H](OC(C)=O)[C@H](OC(C)=O)[C@H]1CCC#N. The second kappa shape index (κ2) is 9.96. The minimum Gasteiger partial charge on any atom is -0.463 e. The molecule has 1 rings (SSSR count). The highest BCUT2D eigenvalue weighted by Crippen LogP contribution is 2.34. The van der Waals surface area contributed by atoms with E-state index < -0.39 is 48.4 Å². The Morgan fingerprint density at radius 3 is 2.12 bits per heavy atom. The van der Waals surface area contributed by atoms with E-state index in [9.17, 15) is 14.4 Å². The molecule has 9 nitrogen and oxygen atoms in total. The summed E-state index contributed by atoms with van der Waals surface area (Å²) in [6, 6.07) is 2.01. The maximum absolute atomic E-state index is 11.5. The fourth-order valence-corrected chi connectivity index (χ4v) is 2.74. The molecule has 0 aromatic rings. The molecule has 25 heavy (non-hydrogen) atoms. The van der Waals surface area contributed by atoms with Crippen LogP contribution in [0.4, 0.5) is 0 Å². The van der Waals surface area contributed by atoms with Gasteiger partial charge in [0.25, 0.3) is 0 Å². The lowest BCUT2D eigenvalue weighted by molar-refractivity contribution is -0.286. The van der Waals surface area contributed by atoms with Gasteiger partial charge in [-0.15, -0.1) is 0 Å². The summed E-state index contributed by atoms with van der Waals surface area (Å²) in [5, 5.41) is 8.85. The van der Waals surface area contributed by atoms with Crippen LogP contribution in [0.25, 0.3) is 0 Å². The lowest BCUT2D eigenvalue weighted by Crippen LogP contribution is -2.59. The second-order valence-electron chi connectivity index (χ2n) is 5.59. The molecule has 0 aromatic carbocycles. The van der Waals surface area contributed by atoms with Crippen molar-refractivity contribution in [3.8, 4) is 6.07 Å². The number of hydrogen-bond acceptors (Lipinski definition) is 9. The van der Waals surface area contributed by atoms with Crippen molar-refractivity contribution >= 4 is 17.9 Å². The highest BCUT2D eigenvalue weighted by molar-refractivity contribution is 5.67. The van der Waals surface area contributed by atoms with Crippen LogP contribution in [0, 0.1) is 17.2 Å². The van der Waals surface area contributed by atoms with Crippen LogP contribution in [0.5, 0.6) is 0 Å². The van der Waals surface area contributed by atoms with Gasteiger partial charge in [0.05, 0.1) is 12.0 Å². The molecule has 1 aliphatic rings. The predicted molar refractivity (Wildman–Crippen MR) is 81.7 cm³/mol. The van der Waals surface area contributed by atoms with E-state index in [-0.39, 0.29) is 13.0 Å². The molecule has 140 valence electrons. The molecule has 0 radical (unpaired) electrons. The van der Waals surface area contributed by atoms with Gasteiger partial charge in [-0.05, 0) is 6.42 Å². The Labute approximate surface area is 146 Å². The van der Waals surface area contributed by atoms with Crippen molar-refractivity contribution in [3.63, 3.8) is 0 Å². The van der Waals surface area contributed by atoms with Gasteiger partial charge < -0.3 is 23.7 Å². The van der Waals surface area contributed by atoms with Crippen molar-refractivity contribution in [1.82, 2.24) is 0 Å². The van der Waals surface area contributed by atoms with Gasteiger partial charge in [-0.25, -0.2) is 0 Å². The summed E-state index contributed by atoms with van der Waals surface area (Å²) in [5.74, 6) is -2.23. The molecule has 1 fully saturated rings. The summed E-state index contributed by atoms with van der Waals surface area (Å²) < 4.78 is 26.6. The Morgan fingerprint density at radius 1 is 1.04 bits per heavy atom. The Morgan fingerprint density at radius 2 is 1.64 bits per heavy atom. The zero-order valence-corrected chi connectivity index (χ0v) is 14.7. The first-order valence-corrected chi connectivity index (χ1v) is 7.83. The van der Waals surface area contributed by atoms with Crippen LogP contribution in [0.15, 0.2) is 0 Å². The van der Waals surface area contributed by atoms with Crippen molar-refractivity contribution < 1.29 is 38.1 Å². The molecule has 0 unspecified atom stereocenters. The number of nitriles is 1. The van der Waals surface area contributed by atoms with Crippen molar-refractivity contribution in [2.75, 3.05) is 13.7 Å². The van der Waals surface area contributed by atoms with Crippen molar-refractivity contribution in [2.45, 2.75) is 58.2 Å². The Kier molecular flexibility index (Phi) is 8.31. The van der Waals surface area contributed by atoms with E-state index >= 15 is 0 Å². The number of methoxy groups -OCH3 is 1. The largest absolute Gasteiger partial charge is 0.463 e. The van der Waals surface area contributed by atoms with E-state index in [1.807, 2.05) is 6.07 Å². The summed E-state index contributed by atoms with van der Waals surface area (Å²) in [6.45, 7) is 3.47. The van der Waals surface area contributed by atoms with E-state index in [0.29, 0.717) is 6.42 Å². The van der Waals surface area contributed by atoms with Gasteiger partial charge in [-0.2, -0.15) is 5.26 Å². The average molecular weight is 357 g/mol. The van der Waals surface area contributed by atoms with E-state index in [1.165, 1.54) is 27.9 Å². The highest BCUT2D eigenvalue weighted by Gasteiger charge is 2.50. The number of esters is 3. The molecule has 0 aromatic heterocycles. The Bertz CT molecular complexity index is 529. The molecule has 5 atom stereocenters. The quantitative estimate of drug-likeness (QED) is 0.479. The van der Waals surface area contributed by atoms with Crippen LogP contribution < -0.4 is 0 Å². The van der Waals surface area contributed by atoms with Gasteiger partial charge in [-0.3, -0.25) is 14.4 Å². The number of nitrogens with zero attached hydrogens (tertiary/aromatic N) is 1. The first kappa shape index (κ1) is 20.9. The lowest BCUT2D eigenvalue weighted by Gasteiger charge is -2.44. The summed E-state index contributed by atoms with van der Waals surface area (Å²) in [4.78, 5) is 34.1. The molecule has 0 N–H and O–H groups in total. The van der Waals surface area contributed by atoms with E-state index in [1.54, 1.807) is 0 Å². The first-order valence-electron chi connectivity index (χ1n) is 7.83. The van der Waals surface area contributed by atoms with Crippen LogP contribution in [-0.2, 0) is 38.1 Å². The molecule has 0 amide bonds. The maximum atomic E-state index is 11.5. The lowest BCUT2D eigenvalue weighted by atomic mass is 9.87. The van der Waals surface area contributed by atoms with Crippen LogP contribution in [-0.4, -0.2) is 56.2 Å². The summed E-state index contributed by atoms with van der Waals surface area (Å²) in [7, 11) is 1.41. The summed E-state index contributed by atoms with van der Waals surface area (Å²) in [5.41, 5.74) is 0. The number of carbonyl (C=O) groups is 3. The second-order valence-corrected chi connectivity index (χ2v) is 5.59. The molecule has 1 saturated heterocycles. The number of carbonyl (C=O) groups excluding carboxylic acids is 3. The van der Waals surface area contributed by atoms with E-state index in [0.717, 1.165) is 0 Å². The zero-order chi connectivity index (χ0) is 19.0. The van der Waals surface area contributed by atoms with Crippen LogP contribution in [0.1, 0.15) is 33.6 Å². The monoisotopic (exact) mass is 357 g/mol. The molecule has 1 aliphatic heterocycles. The molecular formula is C16H23NO8. The van der Waals surface area contributed by atoms with Gasteiger partial charge in [0.15, 0.2) is 12.4 Å². The minimum absolute atomic E-state index is 0.174. The minimum atomic E-state index is -0.990. The molecule has 1 heterocycles. The molecule has 0 aliphatic carbocycles. The molecular weight excluding hydrogens is 334 g/mol. The number of hydrogen-bond donors (Lipinski definition) is 0. The third-order valence-corrected chi connectivity index (χ3v) is 3.65. The first-order chi connectivity index (χ1) is 11.8. The Hall–Kier alpha value is -2.18. The fraction of sp³-hybridized carbons (Fsp3) is 0.750. The number of ether oxygens (including phenoxy) is 5. The van der Waals surface area contributed by atoms with Gasteiger partial charge in [0.1, 0.15) is 18.8 Å². The standard InChI is InChI=1S/C16H23NO8/c1-9(18)22-8-13-15(24-11(3)20)14(23-10(2)19)12(6-5-7-17)16(21-4)25-13/h12-16H,5-6,8H2,1-4H3/t12-,13-,14-,15-,16+/m1/s1. The van der Waals surface area contributed by atoms with Gasteiger partial charge in [0, 0.05) is 34.3 Å².